The van der Waals surface area contributed by atoms with Crippen molar-refractivity contribution >= 4 is 5.78 Å². The van der Waals surface area contributed by atoms with Gasteiger partial charge in [0.25, 0.3) is 0 Å². The molecule has 0 N–H and O–H groups in total. The maximum Gasteiger partial charge on any atom is 0.177 e. The number of Topliss-reactive ketones (excluding diaryl/α,β-unsaturated/α-hetero) is 1. The molecule has 0 bridgehead atoms. The lowest BCUT2D eigenvalue weighted by Crippen LogP contribution is -2.08. The van der Waals surface area contributed by atoms with Crippen molar-refractivity contribution in [2.45, 2.75) is 40.2 Å². The zero-order valence-electron chi connectivity index (χ0n) is 8.50. The molecule has 1 heterocycles. The summed E-state index contributed by atoms with van der Waals surface area (Å²) < 4.78 is 1.81. The van der Waals surface area contributed by atoms with Crippen LogP contribution in [0.1, 0.15) is 42.9 Å². The lowest BCUT2D eigenvalue weighted by Gasteiger charge is -2.02. The van der Waals surface area contributed by atoms with Crippen LogP contribution < -0.4 is 0 Å². The molecule has 1 aromatic rings. The van der Waals surface area contributed by atoms with Gasteiger partial charge < -0.3 is 0 Å². The van der Waals surface area contributed by atoms with Crippen LogP contribution in [0.2, 0.25) is 0 Å². The molecule has 3 heteroatoms. The molecule has 0 aromatic carbocycles. The minimum atomic E-state index is 0.0942. The summed E-state index contributed by atoms with van der Waals surface area (Å²) in [5.74, 6) is 0.0942. The van der Waals surface area contributed by atoms with Gasteiger partial charge in [0.2, 0.25) is 0 Å². The van der Waals surface area contributed by atoms with E-state index in [9.17, 15) is 4.79 Å². The van der Waals surface area contributed by atoms with Gasteiger partial charge in [-0.15, -0.1) is 0 Å². The molecule has 0 amide bonds. The van der Waals surface area contributed by atoms with Crippen molar-refractivity contribution in [1.82, 2.24) is 9.78 Å². The van der Waals surface area contributed by atoms with Gasteiger partial charge in [-0.3, -0.25) is 9.48 Å². The van der Waals surface area contributed by atoms with E-state index in [1.807, 2.05) is 13.0 Å². The highest BCUT2D eigenvalue weighted by Crippen LogP contribution is 2.06. The third kappa shape index (κ3) is 2.41. The molecule has 13 heavy (non-hydrogen) atoms. The van der Waals surface area contributed by atoms with Crippen molar-refractivity contribution in [2.24, 2.45) is 0 Å². The van der Waals surface area contributed by atoms with Crippen LogP contribution in [0, 0.1) is 6.92 Å². The first-order valence-electron chi connectivity index (χ1n) is 4.70. The largest absolute Gasteiger partial charge is 0.293 e. The maximum absolute atomic E-state index is 11.2. The lowest BCUT2D eigenvalue weighted by atomic mass is 10.3. The highest BCUT2D eigenvalue weighted by Gasteiger charge is 2.08. The predicted octanol–water partition coefficient (Wildman–Crippen LogP) is 2.19. The van der Waals surface area contributed by atoms with Crippen LogP contribution in [0.4, 0.5) is 0 Å². The van der Waals surface area contributed by atoms with Crippen molar-refractivity contribution in [3.05, 3.63) is 17.5 Å². The Bertz CT molecular complexity index is 302. The van der Waals surface area contributed by atoms with Gasteiger partial charge in [0.05, 0.1) is 5.69 Å². The Labute approximate surface area is 78.8 Å². The number of unbranched alkanes of at least 4 members (excludes halogenated alkanes) is 1. The summed E-state index contributed by atoms with van der Waals surface area (Å²) in [5, 5.41) is 4.27. The van der Waals surface area contributed by atoms with E-state index in [-0.39, 0.29) is 5.78 Å². The number of carbonyl (C=O) groups excluding carboxylic acids is 1. The maximum atomic E-state index is 11.2. The summed E-state index contributed by atoms with van der Waals surface area (Å²) in [5.41, 5.74) is 1.65. The SMILES string of the molecule is CCCCn1nc(C)cc1C(C)=O. The van der Waals surface area contributed by atoms with Gasteiger partial charge in [-0.25, -0.2) is 0 Å². The number of hydrogen-bond acceptors (Lipinski definition) is 2. The number of aryl methyl sites for hydroxylation is 2. The van der Waals surface area contributed by atoms with Gasteiger partial charge in [0, 0.05) is 13.5 Å². The molecule has 0 saturated heterocycles. The molecular formula is C10H16N2O. The first kappa shape index (κ1) is 9.96. The second-order valence-corrected chi connectivity index (χ2v) is 3.30. The Hall–Kier alpha value is -1.12. The van der Waals surface area contributed by atoms with Crippen LogP contribution in [0.15, 0.2) is 6.07 Å². The zero-order chi connectivity index (χ0) is 9.84. The third-order valence-corrected chi connectivity index (χ3v) is 1.99. The Morgan fingerprint density at radius 2 is 2.31 bits per heavy atom. The fourth-order valence-corrected chi connectivity index (χ4v) is 1.31. The molecule has 0 aliphatic rings. The molecule has 0 aliphatic heterocycles. The molecule has 1 aromatic heterocycles. The van der Waals surface area contributed by atoms with Gasteiger partial charge in [-0.2, -0.15) is 5.10 Å². The monoisotopic (exact) mass is 180 g/mol. The van der Waals surface area contributed by atoms with Crippen LogP contribution in [0.5, 0.6) is 0 Å². The molecule has 3 nitrogen and oxygen atoms in total. The Balaban J connectivity index is 2.84. The number of nitrogens with zero attached hydrogens (tertiary/aromatic N) is 2. The standard InChI is InChI=1S/C10H16N2O/c1-4-5-6-12-10(9(3)13)7-8(2)11-12/h7H,4-6H2,1-3H3. The van der Waals surface area contributed by atoms with Crippen LogP contribution in [0.25, 0.3) is 0 Å². The van der Waals surface area contributed by atoms with Crippen molar-refractivity contribution in [3.63, 3.8) is 0 Å². The highest BCUT2D eigenvalue weighted by atomic mass is 16.1. The van der Waals surface area contributed by atoms with E-state index in [1.54, 1.807) is 11.6 Å². The minimum absolute atomic E-state index is 0.0942. The summed E-state index contributed by atoms with van der Waals surface area (Å²) in [7, 11) is 0. The van der Waals surface area contributed by atoms with Gasteiger partial charge in [-0.1, -0.05) is 13.3 Å². The molecule has 0 radical (unpaired) electrons. The molecule has 1 rings (SSSR count). The van der Waals surface area contributed by atoms with Gasteiger partial charge >= 0.3 is 0 Å². The second kappa shape index (κ2) is 4.21. The Morgan fingerprint density at radius 1 is 1.62 bits per heavy atom. The molecule has 0 atom stereocenters. The van der Waals surface area contributed by atoms with Crippen LogP contribution >= 0.6 is 0 Å². The number of ketones is 1. The lowest BCUT2D eigenvalue weighted by molar-refractivity contribution is 0.100. The van der Waals surface area contributed by atoms with Gasteiger partial charge in [0.15, 0.2) is 5.78 Å². The van der Waals surface area contributed by atoms with Crippen molar-refractivity contribution in [1.29, 1.82) is 0 Å². The normalized spacial score (nSPS) is 10.4. The van der Waals surface area contributed by atoms with E-state index in [1.165, 1.54) is 0 Å². The minimum Gasteiger partial charge on any atom is -0.293 e. The fourth-order valence-electron chi connectivity index (χ4n) is 1.31. The highest BCUT2D eigenvalue weighted by molar-refractivity contribution is 5.92. The summed E-state index contributed by atoms with van der Waals surface area (Å²) >= 11 is 0. The van der Waals surface area contributed by atoms with E-state index >= 15 is 0 Å². The van der Waals surface area contributed by atoms with Crippen molar-refractivity contribution < 1.29 is 4.79 Å². The number of hydrogen-bond donors (Lipinski definition) is 0. The van der Waals surface area contributed by atoms with Crippen LogP contribution in [-0.4, -0.2) is 15.6 Å². The fraction of sp³-hybridized carbons (Fsp3) is 0.600. The molecule has 0 aliphatic carbocycles. The molecule has 0 saturated carbocycles. The summed E-state index contributed by atoms with van der Waals surface area (Å²) in [4.78, 5) is 11.2. The first-order chi connectivity index (χ1) is 6.15. The first-order valence-corrected chi connectivity index (χ1v) is 4.70. The summed E-state index contributed by atoms with van der Waals surface area (Å²) in [6.45, 7) is 6.47. The van der Waals surface area contributed by atoms with E-state index in [2.05, 4.69) is 12.0 Å². The molecular weight excluding hydrogens is 164 g/mol. The van der Waals surface area contributed by atoms with E-state index in [0.717, 1.165) is 30.8 Å². The molecule has 72 valence electrons. The number of aromatic nitrogens is 2. The second-order valence-electron chi connectivity index (χ2n) is 3.30. The number of carbonyl (C=O) groups is 1. The Kier molecular flexibility index (Phi) is 3.23. The van der Waals surface area contributed by atoms with Gasteiger partial charge in [-0.05, 0) is 19.4 Å². The van der Waals surface area contributed by atoms with E-state index < -0.39 is 0 Å². The summed E-state index contributed by atoms with van der Waals surface area (Å²) in [6.07, 6.45) is 2.19. The quantitative estimate of drug-likeness (QED) is 0.666. The smallest absolute Gasteiger partial charge is 0.177 e. The van der Waals surface area contributed by atoms with Gasteiger partial charge in [0.1, 0.15) is 5.69 Å². The molecule has 0 spiro atoms. The molecule has 0 unspecified atom stereocenters. The zero-order valence-corrected chi connectivity index (χ0v) is 8.50. The van der Waals surface area contributed by atoms with Crippen molar-refractivity contribution in [2.75, 3.05) is 0 Å². The topological polar surface area (TPSA) is 34.9 Å². The van der Waals surface area contributed by atoms with Crippen LogP contribution in [0.3, 0.4) is 0 Å². The number of rotatable bonds is 4. The Morgan fingerprint density at radius 3 is 2.85 bits per heavy atom. The third-order valence-electron chi connectivity index (χ3n) is 1.99. The predicted molar refractivity (Wildman–Crippen MR) is 51.9 cm³/mol. The van der Waals surface area contributed by atoms with E-state index in [4.69, 9.17) is 0 Å². The van der Waals surface area contributed by atoms with E-state index in [0.29, 0.717) is 0 Å². The van der Waals surface area contributed by atoms with Crippen LogP contribution in [-0.2, 0) is 6.54 Å². The average molecular weight is 180 g/mol. The van der Waals surface area contributed by atoms with Crippen molar-refractivity contribution in [3.8, 4) is 0 Å². The average Bonchev–Trinajstić information content (AvgIpc) is 2.43. The summed E-state index contributed by atoms with van der Waals surface area (Å²) in [6, 6.07) is 1.85. The molecule has 0 fully saturated rings.